The zero-order valence-electron chi connectivity index (χ0n) is 13.6. The van der Waals surface area contributed by atoms with Crippen LogP contribution in [0.15, 0.2) is 24.3 Å². The Morgan fingerprint density at radius 1 is 1.27 bits per heavy atom. The number of halogens is 1. The van der Waals surface area contributed by atoms with Crippen LogP contribution in [0.4, 0.5) is 0 Å². The Hall–Kier alpha value is -0.610. The Morgan fingerprint density at radius 3 is 2.73 bits per heavy atom. The minimum atomic E-state index is 0.0865. The number of nitrogens with one attached hydrogen (secondary N) is 1. The minimum Gasteiger partial charge on any atom is -0.370 e. The zero-order valence-corrected chi connectivity index (χ0v) is 14.4. The fourth-order valence-corrected chi connectivity index (χ4v) is 3.78. The average Bonchev–Trinajstić information content (AvgIpc) is 2.51. The topological polar surface area (TPSA) is 24.5 Å². The predicted molar refractivity (Wildman–Crippen MR) is 91.4 cm³/mol. The first-order valence-corrected chi connectivity index (χ1v) is 8.76. The molecule has 0 radical (unpaired) electrons. The lowest BCUT2D eigenvalue weighted by molar-refractivity contribution is -0.106. The summed E-state index contributed by atoms with van der Waals surface area (Å²) in [4.78, 5) is 2.61. The van der Waals surface area contributed by atoms with Crippen molar-refractivity contribution in [2.45, 2.75) is 38.3 Å². The molecule has 1 unspecified atom stereocenters. The standard InChI is InChI=1S/C18H27ClN2O/c1-18(2)13-22-17(15-5-3-4-6-16(15)19)12-21(18)11-14-7-9-20-10-8-14/h3-6,14,17,20H,7-13H2,1-2H3. The molecule has 1 N–H and O–H groups in total. The van der Waals surface area contributed by atoms with Crippen LogP contribution in [-0.2, 0) is 4.74 Å². The van der Waals surface area contributed by atoms with Crippen LogP contribution < -0.4 is 5.32 Å². The predicted octanol–water partition coefficient (Wildman–Crippen LogP) is 3.49. The van der Waals surface area contributed by atoms with Gasteiger partial charge < -0.3 is 10.1 Å². The molecule has 4 heteroatoms. The van der Waals surface area contributed by atoms with Crippen molar-refractivity contribution < 1.29 is 4.74 Å². The lowest BCUT2D eigenvalue weighted by Gasteiger charge is -2.47. The molecule has 0 saturated carbocycles. The summed E-state index contributed by atoms with van der Waals surface area (Å²) in [7, 11) is 0. The van der Waals surface area contributed by atoms with E-state index in [9.17, 15) is 0 Å². The first kappa shape index (κ1) is 16.3. The number of morpholine rings is 1. The molecule has 0 amide bonds. The van der Waals surface area contributed by atoms with Crippen molar-refractivity contribution in [2.75, 3.05) is 32.8 Å². The molecule has 0 spiro atoms. The molecule has 0 aromatic heterocycles. The number of ether oxygens (including phenoxy) is 1. The SMILES string of the molecule is CC1(C)COC(c2ccccc2Cl)CN1CC1CCNCC1. The van der Waals surface area contributed by atoms with Crippen LogP contribution in [0.25, 0.3) is 0 Å². The first-order valence-electron chi connectivity index (χ1n) is 8.38. The summed E-state index contributed by atoms with van der Waals surface area (Å²) in [5, 5.41) is 4.27. The van der Waals surface area contributed by atoms with Gasteiger partial charge in [-0.25, -0.2) is 0 Å². The minimum absolute atomic E-state index is 0.0865. The van der Waals surface area contributed by atoms with E-state index in [-0.39, 0.29) is 11.6 Å². The average molecular weight is 323 g/mol. The van der Waals surface area contributed by atoms with Gasteiger partial charge >= 0.3 is 0 Å². The van der Waals surface area contributed by atoms with E-state index in [1.165, 1.54) is 19.4 Å². The van der Waals surface area contributed by atoms with Crippen molar-refractivity contribution >= 4 is 11.6 Å². The molecule has 2 heterocycles. The zero-order chi connectivity index (χ0) is 15.6. The number of hydrogen-bond acceptors (Lipinski definition) is 3. The second-order valence-electron chi connectivity index (χ2n) is 7.23. The van der Waals surface area contributed by atoms with Gasteiger partial charge in [-0.3, -0.25) is 4.90 Å². The summed E-state index contributed by atoms with van der Waals surface area (Å²) in [6.07, 6.45) is 2.65. The van der Waals surface area contributed by atoms with Gasteiger partial charge in [0.25, 0.3) is 0 Å². The van der Waals surface area contributed by atoms with E-state index in [1.807, 2.05) is 18.2 Å². The number of rotatable bonds is 3. The molecular formula is C18H27ClN2O. The van der Waals surface area contributed by atoms with Crippen LogP contribution >= 0.6 is 11.6 Å². The molecule has 2 fully saturated rings. The highest BCUT2D eigenvalue weighted by Gasteiger charge is 2.37. The highest BCUT2D eigenvalue weighted by molar-refractivity contribution is 6.31. The van der Waals surface area contributed by atoms with Gasteiger partial charge in [0.15, 0.2) is 0 Å². The summed E-state index contributed by atoms with van der Waals surface area (Å²) in [6.45, 7) is 9.74. The van der Waals surface area contributed by atoms with Gasteiger partial charge in [0.05, 0.1) is 12.7 Å². The van der Waals surface area contributed by atoms with E-state index >= 15 is 0 Å². The van der Waals surface area contributed by atoms with E-state index in [2.05, 4.69) is 30.1 Å². The Balaban J connectivity index is 1.71. The van der Waals surface area contributed by atoms with Gasteiger partial charge in [0, 0.05) is 29.2 Å². The van der Waals surface area contributed by atoms with Crippen molar-refractivity contribution in [3.63, 3.8) is 0 Å². The van der Waals surface area contributed by atoms with Crippen molar-refractivity contribution in [3.8, 4) is 0 Å². The summed E-state index contributed by atoms with van der Waals surface area (Å²) >= 11 is 6.36. The maximum atomic E-state index is 6.36. The molecule has 122 valence electrons. The highest BCUT2D eigenvalue weighted by Crippen LogP contribution is 2.34. The van der Waals surface area contributed by atoms with Crippen LogP contribution in [-0.4, -0.2) is 43.2 Å². The van der Waals surface area contributed by atoms with E-state index in [4.69, 9.17) is 16.3 Å². The molecule has 2 aliphatic heterocycles. The molecule has 0 bridgehead atoms. The van der Waals surface area contributed by atoms with Crippen LogP contribution in [0.5, 0.6) is 0 Å². The van der Waals surface area contributed by atoms with Crippen LogP contribution in [0, 0.1) is 5.92 Å². The van der Waals surface area contributed by atoms with Gasteiger partial charge in [-0.15, -0.1) is 0 Å². The first-order chi connectivity index (χ1) is 10.6. The van der Waals surface area contributed by atoms with Crippen molar-refractivity contribution in [1.82, 2.24) is 10.2 Å². The van der Waals surface area contributed by atoms with Crippen molar-refractivity contribution in [1.29, 1.82) is 0 Å². The fourth-order valence-electron chi connectivity index (χ4n) is 3.52. The maximum Gasteiger partial charge on any atom is 0.0967 e. The second kappa shape index (κ2) is 6.88. The monoisotopic (exact) mass is 322 g/mol. The van der Waals surface area contributed by atoms with E-state index in [1.54, 1.807) is 0 Å². The molecule has 3 nitrogen and oxygen atoms in total. The quantitative estimate of drug-likeness (QED) is 0.922. The third-order valence-electron chi connectivity index (χ3n) is 5.07. The fraction of sp³-hybridized carbons (Fsp3) is 0.667. The highest BCUT2D eigenvalue weighted by atomic mass is 35.5. The van der Waals surface area contributed by atoms with Gasteiger partial charge in [0.1, 0.15) is 0 Å². The Morgan fingerprint density at radius 2 is 2.00 bits per heavy atom. The Bertz CT molecular complexity index is 500. The molecule has 2 aliphatic rings. The third kappa shape index (κ3) is 3.65. The van der Waals surface area contributed by atoms with Gasteiger partial charge in [-0.1, -0.05) is 29.8 Å². The lowest BCUT2D eigenvalue weighted by Crippen LogP contribution is -2.55. The molecule has 1 atom stereocenters. The van der Waals surface area contributed by atoms with Gasteiger partial charge in [-0.2, -0.15) is 0 Å². The summed E-state index contributed by atoms with van der Waals surface area (Å²) in [5.74, 6) is 0.797. The van der Waals surface area contributed by atoms with Gasteiger partial charge in [-0.05, 0) is 51.8 Å². The second-order valence-corrected chi connectivity index (χ2v) is 7.64. The molecule has 0 aliphatic carbocycles. The van der Waals surface area contributed by atoms with Gasteiger partial charge in [0.2, 0.25) is 0 Å². The molecular weight excluding hydrogens is 296 g/mol. The molecule has 22 heavy (non-hydrogen) atoms. The van der Waals surface area contributed by atoms with Crippen LogP contribution in [0.2, 0.25) is 5.02 Å². The molecule has 1 aromatic rings. The van der Waals surface area contributed by atoms with Crippen molar-refractivity contribution in [3.05, 3.63) is 34.9 Å². The molecule has 3 rings (SSSR count). The lowest BCUT2D eigenvalue weighted by atomic mass is 9.92. The van der Waals surface area contributed by atoms with Crippen LogP contribution in [0.3, 0.4) is 0 Å². The third-order valence-corrected chi connectivity index (χ3v) is 5.41. The van der Waals surface area contributed by atoms with E-state index < -0.39 is 0 Å². The normalized spacial score (nSPS) is 27.0. The largest absolute Gasteiger partial charge is 0.370 e. The van der Waals surface area contributed by atoms with Crippen molar-refractivity contribution in [2.24, 2.45) is 5.92 Å². The Kier molecular flexibility index (Phi) is 5.08. The molecule has 2 saturated heterocycles. The number of hydrogen-bond donors (Lipinski definition) is 1. The smallest absolute Gasteiger partial charge is 0.0967 e. The van der Waals surface area contributed by atoms with Crippen LogP contribution in [0.1, 0.15) is 38.4 Å². The molecule has 1 aromatic carbocycles. The summed E-state index contributed by atoms with van der Waals surface area (Å²) < 4.78 is 6.14. The number of piperidine rings is 1. The maximum absolute atomic E-state index is 6.36. The van der Waals surface area contributed by atoms with E-state index in [0.29, 0.717) is 0 Å². The Labute approximate surface area is 139 Å². The summed E-state index contributed by atoms with van der Waals surface area (Å²) in [5.41, 5.74) is 1.22. The summed E-state index contributed by atoms with van der Waals surface area (Å²) in [6, 6.07) is 8.07. The number of benzene rings is 1. The van der Waals surface area contributed by atoms with E-state index in [0.717, 1.165) is 42.7 Å². The number of nitrogens with zero attached hydrogens (tertiary/aromatic N) is 1.